The zero-order valence-corrected chi connectivity index (χ0v) is 23.6. The molecule has 1 aromatic rings. The van der Waals surface area contributed by atoms with Gasteiger partial charge in [-0.05, 0) is 38.5 Å². The van der Waals surface area contributed by atoms with Crippen LogP contribution in [0.3, 0.4) is 0 Å². The van der Waals surface area contributed by atoms with Crippen molar-refractivity contribution in [1.82, 2.24) is 10.6 Å². The summed E-state index contributed by atoms with van der Waals surface area (Å²) < 4.78 is 31.6. The molecule has 0 unspecified atom stereocenters. The number of methoxy groups -OCH3 is 1. The number of hydrogen-bond donors (Lipinski definition) is 4. The van der Waals surface area contributed by atoms with Gasteiger partial charge in [-0.3, -0.25) is 14.4 Å². The Hall–Kier alpha value is -3.95. The Morgan fingerprint density at radius 2 is 1.59 bits per heavy atom. The molecular formula is C26H36N2O13. The van der Waals surface area contributed by atoms with Crippen molar-refractivity contribution in [3.8, 4) is 5.75 Å². The molecule has 0 bridgehead atoms. The number of carbonyl (C=O) groups is 5. The molecule has 1 saturated heterocycles. The topological polar surface area (TPSA) is 205 Å². The van der Waals surface area contributed by atoms with E-state index in [4.69, 9.17) is 23.7 Å². The number of aliphatic hydroxyl groups excluding tert-OH is 2. The highest BCUT2D eigenvalue weighted by molar-refractivity contribution is 5.97. The lowest BCUT2D eigenvalue weighted by Gasteiger charge is -2.42. The standard InChI is InChI=1S/C26H36N2O13/c1-13(30)37-19-18(32)20(23(34)36-6)40-24(21(19)38-14(2)31)39-17-8-7-15(12-29)11-16(17)22(33)27-9-10-28-25(35)41-26(3,4)5/h7-8,11,18-21,24,29,32H,9-10,12H2,1-6H3,(H,27,33)(H,28,35)/t18-,19-,20-,21+,24+/m0/s1. The predicted molar refractivity (Wildman–Crippen MR) is 137 cm³/mol. The van der Waals surface area contributed by atoms with E-state index >= 15 is 0 Å². The number of nitrogens with one attached hydrogen (secondary N) is 2. The maximum absolute atomic E-state index is 13.1. The fourth-order valence-corrected chi connectivity index (χ4v) is 3.70. The minimum Gasteiger partial charge on any atom is -0.467 e. The van der Waals surface area contributed by atoms with Crippen molar-refractivity contribution in [1.29, 1.82) is 0 Å². The third-order valence-electron chi connectivity index (χ3n) is 5.35. The van der Waals surface area contributed by atoms with Gasteiger partial charge in [0.2, 0.25) is 12.4 Å². The lowest BCUT2D eigenvalue weighted by atomic mass is 9.98. The Morgan fingerprint density at radius 3 is 2.15 bits per heavy atom. The zero-order valence-electron chi connectivity index (χ0n) is 23.6. The summed E-state index contributed by atoms with van der Waals surface area (Å²) in [6, 6.07) is 4.09. The molecule has 5 atom stereocenters. The third kappa shape index (κ3) is 9.88. The third-order valence-corrected chi connectivity index (χ3v) is 5.35. The highest BCUT2D eigenvalue weighted by Crippen LogP contribution is 2.31. The molecule has 15 nitrogen and oxygen atoms in total. The fourth-order valence-electron chi connectivity index (χ4n) is 3.70. The van der Waals surface area contributed by atoms with Crippen LogP contribution in [0.15, 0.2) is 18.2 Å². The van der Waals surface area contributed by atoms with Crippen LogP contribution in [-0.2, 0) is 44.7 Å². The summed E-state index contributed by atoms with van der Waals surface area (Å²) in [6.45, 7) is 6.81. The Balaban J connectivity index is 2.32. The molecule has 0 aromatic heterocycles. The smallest absolute Gasteiger partial charge is 0.407 e. The van der Waals surface area contributed by atoms with Crippen LogP contribution >= 0.6 is 0 Å². The van der Waals surface area contributed by atoms with Crippen LogP contribution in [0.5, 0.6) is 5.75 Å². The molecule has 15 heteroatoms. The number of ether oxygens (including phenoxy) is 6. The number of esters is 3. The van der Waals surface area contributed by atoms with E-state index in [0.29, 0.717) is 5.56 Å². The van der Waals surface area contributed by atoms with Gasteiger partial charge in [-0.15, -0.1) is 0 Å². The molecule has 41 heavy (non-hydrogen) atoms. The van der Waals surface area contributed by atoms with Gasteiger partial charge < -0.3 is 49.3 Å². The summed E-state index contributed by atoms with van der Waals surface area (Å²) in [7, 11) is 1.04. The molecule has 0 saturated carbocycles. The molecule has 1 aromatic carbocycles. The molecule has 2 amide bonds. The molecule has 2 rings (SSSR count). The summed E-state index contributed by atoms with van der Waals surface area (Å²) in [6.07, 6.45) is -9.03. The molecule has 1 heterocycles. The number of amides is 2. The molecule has 1 fully saturated rings. The first-order valence-electron chi connectivity index (χ1n) is 12.6. The van der Waals surface area contributed by atoms with E-state index in [-0.39, 0.29) is 24.4 Å². The quantitative estimate of drug-likeness (QED) is 0.162. The number of rotatable bonds is 10. The monoisotopic (exact) mass is 584 g/mol. The summed E-state index contributed by atoms with van der Waals surface area (Å²) in [4.78, 5) is 60.9. The average Bonchev–Trinajstić information content (AvgIpc) is 2.88. The first-order chi connectivity index (χ1) is 19.2. The highest BCUT2D eigenvalue weighted by atomic mass is 16.7. The maximum Gasteiger partial charge on any atom is 0.407 e. The maximum atomic E-state index is 13.1. The van der Waals surface area contributed by atoms with Crippen LogP contribution in [0.25, 0.3) is 0 Å². The van der Waals surface area contributed by atoms with E-state index < -0.39 is 72.8 Å². The second-order valence-electron chi connectivity index (χ2n) is 9.88. The minimum absolute atomic E-state index is 0.0119. The summed E-state index contributed by atoms with van der Waals surface area (Å²) in [5, 5.41) is 25.4. The minimum atomic E-state index is -1.80. The van der Waals surface area contributed by atoms with Crippen molar-refractivity contribution in [3.05, 3.63) is 29.3 Å². The lowest BCUT2D eigenvalue weighted by molar-refractivity contribution is -0.279. The largest absolute Gasteiger partial charge is 0.467 e. The van der Waals surface area contributed by atoms with Gasteiger partial charge in [-0.2, -0.15) is 0 Å². The molecule has 1 aliphatic heterocycles. The molecule has 0 aliphatic carbocycles. The van der Waals surface area contributed by atoms with Gasteiger partial charge in [-0.25, -0.2) is 9.59 Å². The van der Waals surface area contributed by atoms with Crippen molar-refractivity contribution in [2.45, 2.75) is 77.5 Å². The van der Waals surface area contributed by atoms with Crippen LogP contribution in [0.4, 0.5) is 4.79 Å². The van der Waals surface area contributed by atoms with Gasteiger partial charge in [0.1, 0.15) is 17.5 Å². The second kappa shape index (κ2) is 14.6. The van der Waals surface area contributed by atoms with Crippen LogP contribution in [-0.4, -0.2) is 96.6 Å². The van der Waals surface area contributed by atoms with Gasteiger partial charge in [0.15, 0.2) is 12.2 Å². The van der Waals surface area contributed by atoms with Crippen LogP contribution in [0, 0.1) is 0 Å². The van der Waals surface area contributed by atoms with Crippen molar-refractivity contribution >= 4 is 29.9 Å². The number of alkyl carbamates (subject to hydrolysis) is 1. The summed E-state index contributed by atoms with van der Waals surface area (Å²) >= 11 is 0. The van der Waals surface area contributed by atoms with Crippen LogP contribution in [0.2, 0.25) is 0 Å². The van der Waals surface area contributed by atoms with Gasteiger partial charge in [0.05, 0.1) is 19.3 Å². The Bertz CT molecular complexity index is 1120. The Morgan fingerprint density at radius 1 is 0.976 bits per heavy atom. The molecule has 1 aliphatic rings. The van der Waals surface area contributed by atoms with E-state index in [1.807, 2.05) is 0 Å². The Kier molecular flexibility index (Phi) is 11.9. The average molecular weight is 585 g/mol. The normalized spacial score (nSPS) is 22.1. The van der Waals surface area contributed by atoms with Gasteiger partial charge in [0.25, 0.3) is 5.91 Å². The summed E-state index contributed by atoms with van der Waals surface area (Å²) in [5.41, 5.74) is -0.452. The number of hydrogen-bond acceptors (Lipinski definition) is 13. The first-order valence-corrected chi connectivity index (χ1v) is 12.6. The van der Waals surface area contributed by atoms with Gasteiger partial charge >= 0.3 is 24.0 Å². The molecule has 228 valence electrons. The van der Waals surface area contributed by atoms with E-state index in [1.54, 1.807) is 20.8 Å². The van der Waals surface area contributed by atoms with Crippen molar-refractivity contribution in [3.63, 3.8) is 0 Å². The zero-order chi connectivity index (χ0) is 30.9. The molecular weight excluding hydrogens is 548 g/mol. The van der Waals surface area contributed by atoms with Crippen molar-refractivity contribution < 1.29 is 62.6 Å². The van der Waals surface area contributed by atoms with Crippen LogP contribution < -0.4 is 15.4 Å². The lowest BCUT2D eigenvalue weighted by Crippen LogP contribution is -2.63. The van der Waals surface area contributed by atoms with E-state index in [0.717, 1.165) is 21.0 Å². The number of aliphatic hydroxyl groups is 2. The van der Waals surface area contributed by atoms with E-state index in [9.17, 15) is 34.2 Å². The van der Waals surface area contributed by atoms with Gasteiger partial charge in [0, 0.05) is 26.9 Å². The number of benzene rings is 1. The predicted octanol–water partition coefficient (Wildman–Crippen LogP) is -0.0656. The molecule has 4 N–H and O–H groups in total. The first kappa shape index (κ1) is 33.3. The van der Waals surface area contributed by atoms with Gasteiger partial charge in [-0.1, -0.05) is 6.07 Å². The van der Waals surface area contributed by atoms with Crippen molar-refractivity contribution in [2.24, 2.45) is 0 Å². The number of carbonyl (C=O) groups excluding carboxylic acids is 5. The van der Waals surface area contributed by atoms with Crippen molar-refractivity contribution in [2.75, 3.05) is 20.2 Å². The Labute approximate surface area is 236 Å². The molecule has 0 radical (unpaired) electrons. The fraction of sp³-hybridized carbons (Fsp3) is 0.577. The summed E-state index contributed by atoms with van der Waals surface area (Å²) in [5.74, 6) is -3.55. The second-order valence-corrected chi connectivity index (χ2v) is 9.88. The SMILES string of the molecule is COC(=O)[C@H]1O[C@@H](Oc2ccc(CO)cc2C(=O)NCCNC(=O)OC(C)(C)C)[C@H](OC(C)=O)[C@@H](OC(C)=O)[C@@H]1O. The highest BCUT2D eigenvalue weighted by Gasteiger charge is 2.53. The van der Waals surface area contributed by atoms with Crippen LogP contribution in [0.1, 0.15) is 50.5 Å². The molecule has 0 spiro atoms. The van der Waals surface area contributed by atoms with E-state index in [2.05, 4.69) is 15.4 Å². The van der Waals surface area contributed by atoms with E-state index in [1.165, 1.54) is 18.2 Å².